The number of carbonyl (C=O) groups is 1. The average molecular weight is 181 g/mol. The van der Waals surface area contributed by atoms with Crippen molar-refractivity contribution in [2.75, 3.05) is 6.61 Å². The molecule has 1 amide bonds. The Kier molecular flexibility index (Phi) is 3.78. The maximum absolute atomic E-state index is 10.8. The molecule has 0 aromatic heterocycles. The summed E-state index contributed by atoms with van der Waals surface area (Å²) in [6.45, 7) is 2.27. The van der Waals surface area contributed by atoms with Gasteiger partial charge in [-0.05, 0) is 12.8 Å². The Morgan fingerprint density at radius 1 is 1.77 bits per heavy atom. The molecule has 1 N–H and O–H groups in total. The molecule has 0 aromatic carbocycles. The number of rotatable bonds is 2. The molecule has 0 radical (unpaired) electrons. The van der Waals surface area contributed by atoms with Gasteiger partial charge in [-0.15, -0.1) is 12.3 Å². The van der Waals surface area contributed by atoms with E-state index in [9.17, 15) is 4.79 Å². The summed E-state index contributed by atoms with van der Waals surface area (Å²) in [5, 5.41) is 2.86. The molecule has 1 aliphatic rings. The summed E-state index contributed by atoms with van der Waals surface area (Å²) in [5.41, 5.74) is 0. The predicted octanol–water partition coefficient (Wildman–Crippen LogP) is 0.693. The molecule has 0 saturated carbocycles. The summed E-state index contributed by atoms with van der Waals surface area (Å²) in [5.74, 6) is 2.55. The Bertz CT molecular complexity index is 219. The van der Waals surface area contributed by atoms with Crippen molar-refractivity contribution >= 4 is 5.91 Å². The fourth-order valence-corrected chi connectivity index (χ4v) is 1.58. The van der Waals surface area contributed by atoms with Gasteiger partial charge in [0.1, 0.15) is 0 Å². The van der Waals surface area contributed by atoms with Crippen LogP contribution in [-0.4, -0.2) is 24.7 Å². The zero-order valence-corrected chi connectivity index (χ0v) is 7.88. The second-order valence-electron chi connectivity index (χ2n) is 3.27. The number of hydrogen-bond donors (Lipinski definition) is 1. The van der Waals surface area contributed by atoms with Gasteiger partial charge in [0.05, 0.1) is 12.1 Å². The summed E-state index contributed by atoms with van der Waals surface area (Å²) in [6, 6.07) is 0.0994. The molecule has 3 heteroatoms. The largest absolute Gasteiger partial charge is 0.375 e. The van der Waals surface area contributed by atoms with Crippen molar-refractivity contribution in [1.82, 2.24) is 5.32 Å². The van der Waals surface area contributed by atoms with Crippen LogP contribution in [0.4, 0.5) is 0 Å². The highest BCUT2D eigenvalue weighted by Crippen LogP contribution is 2.16. The molecular weight excluding hydrogens is 166 g/mol. The molecule has 72 valence electrons. The van der Waals surface area contributed by atoms with Crippen LogP contribution in [0.3, 0.4) is 0 Å². The lowest BCUT2D eigenvalue weighted by molar-refractivity contribution is -0.121. The summed E-state index contributed by atoms with van der Waals surface area (Å²) >= 11 is 0. The van der Waals surface area contributed by atoms with Crippen molar-refractivity contribution in [3.8, 4) is 12.3 Å². The maximum atomic E-state index is 10.8. The van der Waals surface area contributed by atoms with E-state index in [-0.39, 0.29) is 18.1 Å². The highest BCUT2D eigenvalue weighted by molar-refractivity contribution is 5.73. The van der Waals surface area contributed by atoms with Crippen LogP contribution in [-0.2, 0) is 9.53 Å². The minimum Gasteiger partial charge on any atom is -0.375 e. The summed E-state index contributed by atoms with van der Waals surface area (Å²) in [6.07, 6.45) is 7.74. The van der Waals surface area contributed by atoms with Crippen LogP contribution >= 0.6 is 0 Å². The van der Waals surface area contributed by atoms with E-state index in [2.05, 4.69) is 11.2 Å². The SMILES string of the molecule is C#CC[C@H]1OCCCC1NC(C)=O. The Balaban J connectivity index is 2.47. The monoisotopic (exact) mass is 181 g/mol. The van der Waals surface area contributed by atoms with E-state index >= 15 is 0 Å². The standard InChI is InChI=1S/C10H15NO2/c1-3-5-10-9(11-8(2)12)6-4-7-13-10/h1,9-10H,4-7H2,2H3,(H,11,12)/t9?,10-/m1/s1. The topological polar surface area (TPSA) is 38.3 Å². The Morgan fingerprint density at radius 2 is 2.54 bits per heavy atom. The third kappa shape index (κ3) is 3.08. The van der Waals surface area contributed by atoms with Crippen LogP contribution in [0.5, 0.6) is 0 Å². The van der Waals surface area contributed by atoms with Crippen LogP contribution in [0.2, 0.25) is 0 Å². The van der Waals surface area contributed by atoms with Gasteiger partial charge in [-0.2, -0.15) is 0 Å². The number of hydrogen-bond acceptors (Lipinski definition) is 2. The Labute approximate surface area is 78.8 Å². The normalized spacial score (nSPS) is 27.7. The van der Waals surface area contributed by atoms with Crippen molar-refractivity contribution in [2.24, 2.45) is 0 Å². The van der Waals surface area contributed by atoms with Gasteiger partial charge in [-0.25, -0.2) is 0 Å². The molecule has 1 saturated heterocycles. The van der Waals surface area contributed by atoms with Gasteiger partial charge in [0.25, 0.3) is 0 Å². The third-order valence-corrected chi connectivity index (χ3v) is 2.15. The number of amides is 1. The van der Waals surface area contributed by atoms with Crippen molar-refractivity contribution in [3.05, 3.63) is 0 Å². The quantitative estimate of drug-likeness (QED) is 0.637. The van der Waals surface area contributed by atoms with Crippen molar-refractivity contribution in [2.45, 2.75) is 38.3 Å². The molecule has 1 fully saturated rings. The fraction of sp³-hybridized carbons (Fsp3) is 0.700. The van der Waals surface area contributed by atoms with Crippen molar-refractivity contribution < 1.29 is 9.53 Å². The number of ether oxygens (including phenoxy) is 1. The molecule has 1 heterocycles. The molecular formula is C10H15NO2. The van der Waals surface area contributed by atoms with E-state index in [1.807, 2.05) is 0 Å². The van der Waals surface area contributed by atoms with Crippen LogP contribution in [0, 0.1) is 12.3 Å². The number of terminal acetylenes is 1. The lowest BCUT2D eigenvalue weighted by atomic mass is 10.0. The Hall–Kier alpha value is -1.01. The van der Waals surface area contributed by atoms with Crippen LogP contribution in [0.15, 0.2) is 0 Å². The highest BCUT2D eigenvalue weighted by atomic mass is 16.5. The smallest absolute Gasteiger partial charge is 0.217 e. The third-order valence-electron chi connectivity index (χ3n) is 2.15. The van der Waals surface area contributed by atoms with E-state index in [0.717, 1.165) is 19.4 Å². The van der Waals surface area contributed by atoms with Gasteiger partial charge in [0.2, 0.25) is 5.91 Å². The molecule has 0 spiro atoms. The lowest BCUT2D eigenvalue weighted by Gasteiger charge is -2.30. The van der Waals surface area contributed by atoms with E-state index in [1.165, 1.54) is 6.92 Å². The molecule has 2 atom stereocenters. The van der Waals surface area contributed by atoms with E-state index in [1.54, 1.807) is 0 Å². The predicted molar refractivity (Wildman–Crippen MR) is 50.0 cm³/mol. The summed E-state index contributed by atoms with van der Waals surface area (Å²) in [7, 11) is 0. The van der Waals surface area contributed by atoms with Gasteiger partial charge in [0, 0.05) is 20.0 Å². The van der Waals surface area contributed by atoms with Gasteiger partial charge in [0.15, 0.2) is 0 Å². The molecule has 13 heavy (non-hydrogen) atoms. The number of carbonyl (C=O) groups excluding carboxylic acids is 1. The average Bonchev–Trinajstić information content (AvgIpc) is 2.08. The van der Waals surface area contributed by atoms with E-state index in [0.29, 0.717) is 6.42 Å². The zero-order valence-electron chi connectivity index (χ0n) is 7.88. The minimum atomic E-state index is -0.0162. The first-order chi connectivity index (χ1) is 6.24. The molecule has 0 aromatic rings. The fourth-order valence-electron chi connectivity index (χ4n) is 1.58. The van der Waals surface area contributed by atoms with Crippen molar-refractivity contribution in [1.29, 1.82) is 0 Å². The lowest BCUT2D eigenvalue weighted by Crippen LogP contribution is -2.46. The summed E-state index contributed by atoms with van der Waals surface area (Å²) in [4.78, 5) is 10.8. The molecule has 1 unspecified atom stereocenters. The maximum Gasteiger partial charge on any atom is 0.217 e. The van der Waals surface area contributed by atoms with Gasteiger partial charge >= 0.3 is 0 Å². The zero-order chi connectivity index (χ0) is 9.68. The molecule has 1 rings (SSSR count). The van der Waals surface area contributed by atoms with Crippen LogP contribution < -0.4 is 5.32 Å². The minimum absolute atomic E-state index is 0.00245. The Morgan fingerprint density at radius 3 is 3.15 bits per heavy atom. The van der Waals surface area contributed by atoms with Gasteiger partial charge in [-0.1, -0.05) is 0 Å². The number of nitrogens with one attached hydrogen (secondary N) is 1. The first-order valence-electron chi connectivity index (χ1n) is 4.56. The molecule has 0 aliphatic carbocycles. The molecule has 3 nitrogen and oxygen atoms in total. The summed E-state index contributed by atoms with van der Waals surface area (Å²) < 4.78 is 5.47. The second-order valence-corrected chi connectivity index (χ2v) is 3.27. The van der Waals surface area contributed by atoms with E-state index in [4.69, 9.17) is 11.2 Å². The van der Waals surface area contributed by atoms with Crippen molar-refractivity contribution in [3.63, 3.8) is 0 Å². The van der Waals surface area contributed by atoms with Crippen LogP contribution in [0.1, 0.15) is 26.2 Å². The highest BCUT2D eigenvalue weighted by Gasteiger charge is 2.25. The second kappa shape index (κ2) is 4.88. The molecule has 1 aliphatic heterocycles. The van der Waals surface area contributed by atoms with Crippen LogP contribution in [0.25, 0.3) is 0 Å². The van der Waals surface area contributed by atoms with E-state index < -0.39 is 0 Å². The molecule has 0 bridgehead atoms. The first-order valence-corrected chi connectivity index (χ1v) is 4.56. The first kappa shape index (κ1) is 10.1. The van der Waals surface area contributed by atoms with Gasteiger partial charge in [-0.3, -0.25) is 4.79 Å². The van der Waals surface area contributed by atoms with Gasteiger partial charge < -0.3 is 10.1 Å².